The SMILES string of the molecule is CC[C@H](O)[C@H](N)c1ccc(C)cc1. The van der Waals surface area contributed by atoms with Crippen LogP contribution in [0.2, 0.25) is 0 Å². The predicted molar refractivity (Wildman–Crippen MR) is 54.4 cm³/mol. The summed E-state index contributed by atoms with van der Waals surface area (Å²) in [5.74, 6) is 0. The predicted octanol–water partition coefficient (Wildman–Crippen LogP) is 1.77. The van der Waals surface area contributed by atoms with Crippen molar-refractivity contribution in [3.05, 3.63) is 35.4 Å². The molecule has 0 aromatic heterocycles. The Hall–Kier alpha value is -0.860. The molecule has 0 aliphatic rings. The number of benzene rings is 1. The largest absolute Gasteiger partial charge is 0.391 e. The highest BCUT2D eigenvalue weighted by Crippen LogP contribution is 2.16. The minimum absolute atomic E-state index is 0.259. The van der Waals surface area contributed by atoms with Gasteiger partial charge in [-0.3, -0.25) is 0 Å². The van der Waals surface area contributed by atoms with Crippen LogP contribution in [-0.4, -0.2) is 11.2 Å². The summed E-state index contributed by atoms with van der Waals surface area (Å²) in [6, 6.07) is 7.71. The van der Waals surface area contributed by atoms with Crippen molar-refractivity contribution < 1.29 is 5.11 Å². The molecule has 0 bridgehead atoms. The van der Waals surface area contributed by atoms with Gasteiger partial charge in [-0.25, -0.2) is 0 Å². The monoisotopic (exact) mass is 179 g/mol. The molecule has 0 fully saturated rings. The van der Waals surface area contributed by atoms with Gasteiger partial charge in [0.1, 0.15) is 0 Å². The van der Waals surface area contributed by atoms with Crippen molar-refractivity contribution in [1.29, 1.82) is 0 Å². The summed E-state index contributed by atoms with van der Waals surface area (Å²) in [7, 11) is 0. The van der Waals surface area contributed by atoms with E-state index in [4.69, 9.17) is 5.73 Å². The van der Waals surface area contributed by atoms with Crippen LogP contribution in [-0.2, 0) is 0 Å². The molecule has 1 rings (SSSR count). The lowest BCUT2D eigenvalue weighted by Gasteiger charge is -2.17. The Morgan fingerprint density at radius 1 is 1.31 bits per heavy atom. The van der Waals surface area contributed by atoms with E-state index in [1.165, 1.54) is 5.56 Å². The first-order chi connectivity index (χ1) is 6.15. The van der Waals surface area contributed by atoms with Gasteiger partial charge in [0.2, 0.25) is 0 Å². The molecule has 2 nitrogen and oxygen atoms in total. The van der Waals surface area contributed by atoms with Gasteiger partial charge in [0.05, 0.1) is 12.1 Å². The summed E-state index contributed by atoms with van der Waals surface area (Å²) in [6.07, 6.45) is 0.248. The van der Waals surface area contributed by atoms with E-state index < -0.39 is 6.10 Å². The summed E-state index contributed by atoms with van der Waals surface area (Å²) in [4.78, 5) is 0. The molecule has 0 spiro atoms. The van der Waals surface area contributed by atoms with Crippen LogP contribution in [0.1, 0.15) is 30.5 Å². The van der Waals surface area contributed by atoms with Crippen molar-refractivity contribution in [3.63, 3.8) is 0 Å². The first-order valence-electron chi connectivity index (χ1n) is 4.65. The van der Waals surface area contributed by atoms with Crippen LogP contribution in [0.5, 0.6) is 0 Å². The molecule has 72 valence electrons. The molecule has 13 heavy (non-hydrogen) atoms. The molecule has 0 aliphatic carbocycles. The van der Waals surface area contributed by atoms with E-state index in [2.05, 4.69) is 0 Å². The fourth-order valence-electron chi connectivity index (χ4n) is 1.26. The maximum Gasteiger partial charge on any atom is 0.0730 e. The molecule has 0 unspecified atom stereocenters. The second kappa shape index (κ2) is 4.40. The zero-order chi connectivity index (χ0) is 9.84. The normalized spacial score (nSPS) is 15.4. The smallest absolute Gasteiger partial charge is 0.0730 e. The molecule has 2 heteroatoms. The number of hydrogen-bond donors (Lipinski definition) is 2. The van der Waals surface area contributed by atoms with Crippen molar-refractivity contribution in [3.8, 4) is 0 Å². The number of aryl methyl sites for hydroxylation is 1. The van der Waals surface area contributed by atoms with E-state index in [0.29, 0.717) is 6.42 Å². The topological polar surface area (TPSA) is 46.2 Å². The molecule has 3 N–H and O–H groups in total. The van der Waals surface area contributed by atoms with Gasteiger partial charge in [0.15, 0.2) is 0 Å². The van der Waals surface area contributed by atoms with Gasteiger partial charge >= 0.3 is 0 Å². The number of aliphatic hydroxyl groups excluding tert-OH is 1. The third kappa shape index (κ3) is 2.54. The van der Waals surface area contributed by atoms with Crippen molar-refractivity contribution in [2.24, 2.45) is 5.73 Å². The van der Waals surface area contributed by atoms with Crippen molar-refractivity contribution in [2.45, 2.75) is 32.4 Å². The zero-order valence-corrected chi connectivity index (χ0v) is 8.20. The summed E-state index contributed by atoms with van der Waals surface area (Å²) in [5, 5.41) is 9.52. The first kappa shape index (κ1) is 10.2. The molecule has 0 saturated carbocycles. The molecule has 1 aromatic rings. The van der Waals surface area contributed by atoms with E-state index in [0.717, 1.165) is 5.56 Å². The lowest BCUT2D eigenvalue weighted by Crippen LogP contribution is -2.25. The van der Waals surface area contributed by atoms with E-state index in [-0.39, 0.29) is 6.04 Å². The van der Waals surface area contributed by atoms with Crippen LogP contribution in [0, 0.1) is 6.92 Å². The fraction of sp³-hybridized carbons (Fsp3) is 0.455. The third-order valence-electron chi connectivity index (χ3n) is 2.30. The summed E-state index contributed by atoms with van der Waals surface area (Å²) >= 11 is 0. The van der Waals surface area contributed by atoms with E-state index in [1.54, 1.807) is 0 Å². The first-order valence-corrected chi connectivity index (χ1v) is 4.65. The Morgan fingerprint density at radius 2 is 1.85 bits per heavy atom. The Kier molecular flexibility index (Phi) is 3.46. The van der Waals surface area contributed by atoms with Crippen LogP contribution < -0.4 is 5.73 Å². The quantitative estimate of drug-likeness (QED) is 0.742. The van der Waals surface area contributed by atoms with Gasteiger partial charge < -0.3 is 10.8 Å². The van der Waals surface area contributed by atoms with Crippen molar-refractivity contribution in [2.75, 3.05) is 0 Å². The van der Waals surface area contributed by atoms with Crippen LogP contribution in [0.25, 0.3) is 0 Å². The van der Waals surface area contributed by atoms with Crippen LogP contribution >= 0.6 is 0 Å². The number of rotatable bonds is 3. The summed E-state index contributed by atoms with van der Waals surface area (Å²) < 4.78 is 0. The van der Waals surface area contributed by atoms with Gasteiger partial charge in [0.25, 0.3) is 0 Å². The molecule has 0 heterocycles. The molecule has 1 aromatic carbocycles. The highest BCUT2D eigenvalue weighted by molar-refractivity contribution is 5.24. The lowest BCUT2D eigenvalue weighted by molar-refractivity contribution is 0.140. The van der Waals surface area contributed by atoms with Crippen molar-refractivity contribution >= 4 is 0 Å². The van der Waals surface area contributed by atoms with Gasteiger partial charge in [-0.15, -0.1) is 0 Å². The van der Waals surface area contributed by atoms with Gasteiger partial charge in [-0.05, 0) is 18.9 Å². The Morgan fingerprint density at radius 3 is 2.31 bits per heavy atom. The maximum atomic E-state index is 9.52. The van der Waals surface area contributed by atoms with Crippen LogP contribution in [0.3, 0.4) is 0 Å². The average molecular weight is 179 g/mol. The highest BCUT2D eigenvalue weighted by atomic mass is 16.3. The van der Waals surface area contributed by atoms with Crippen LogP contribution in [0.15, 0.2) is 24.3 Å². The van der Waals surface area contributed by atoms with Crippen molar-refractivity contribution in [1.82, 2.24) is 0 Å². The number of aliphatic hydroxyl groups is 1. The molecule has 0 radical (unpaired) electrons. The van der Waals surface area contributed by atoms with Gasteiger partial charge in [-0.2, -0.15) is 0 Å². The Bertz CT molecular complexity index is 255. The zero-order valence-electron chi connectivity index (χ0n) is 8.20. The molecule has 0 amide bonds. The maximum absolute atomic E-state index is 9.52. The molecule has 0 saturated heterocycles. The second-order valence-electron chi connectivity index (χ2n) is 3.41. The summed E-state index contributed by atoms with van der Waals surface area (Å²) in [5.41, 5.74) is 8.06. The van der Waals surface area contributed by atoms with Crippen LogP contribution in [0.4, 0.5) is 0 Å². The standard InChI is InChI=1S/C11H17NO/c1-3-10(13)11(12)9-6-4-8(2)5-7-9/h4-7,10-11,13H,3,12H2,1-2H3/t10-,11+/m0/s1. The molecular formula is C11H17NO. The molecule has 2 atom stereocenters. The fourth-order valence-corrected chi connectivity index (χ4v) is 1.26. The van der Waals surface area contributed by atoms with Gasteiger partial charge in [-0.1, -0.05) is 36.8 Å². The van der Waals surface area contributed by atoms with E-state index >= 15 is 0 Å². The lowest BCUT2D eigenvalue weighted by atomic mass is 10.00. The highest BCUT2D eigenvalue weighted by Gasteiger charge is 2.13. The Labute approximate surface area is 79.4 Å². The number of hydrogen-bond acceptors (Lipinski definition) is 2. The molecule has 0 aliphatic heterocycles. The summed E-state index contributed by atoms with van der Waals surface area (Å²) in [6.45, 7) is 3.96. The minimum atomic E-state index is -0.442. The van der Waals surface area contributed by atoms with Gasteiger partial charge in [0, 0.05) is 0 Å². The number of nitrogens with two attached hydrogens (primary N) is 1. The molecular weight excluding hydrogens is 162 g/mol. The minimum Gasteiger partial charge on any atom is -0.391 e. The average Bonchev–Trinajstić information content (AvgIpc) is 2.17. The van der Waals surface area contributed by atoms with E-state index in [9.17, 15) is 5.11 Å². The second-order valence-corrected chi connectivity index (χ2v) is 3.41. The third-order valence-corrected chi connectivity index (χ3v) is 2.30. The Balaban J connectivity index is 2.77. The van der Waals surface area contributed by atoms with E-state index in [1.807, 2.05) is 38.1 Å².